The zero-order valence-corrected chi connectivity index (χ0v) is 13.1. The molecule has 0 aliphatic carbocycles. The molecule has 1 aromatic heterocycles. The molecule has 0 aliphatic rings. The molecule has 6 heteroatoms. The van der Waals surface area contributed by atoms with Crippen LogP contribution in [0.3, 0.4) is 0 Å². The van der Waals surface area contributed by atoms with Crippen molar-refractivity contribution in [3.63, 3.8) is 0 Å². The van der Waals surface area contributed by atoms with E-state index in [1.165, 1.54) is 11.3 Å². The molecule has 5 nitrogen and oxygen atoms in total. The van der Waals surface area contributed by atoms with Gasteiger partial charge in [-0.05, 0) is 48.5 Å². The van der Waals surface area contributed by atoms with Crippen LogP contribution in [0.5, 0.6) is 11.5 Å². The third kappa shape index (κ3) is 3.17. The highest BCUT2D eigenvalue weighted by atomic mass is 32.1. The first-order chi connectivity index (χ1) is 10.8. The van der Waals surface area contributed by atoms with Crippen LogP contribution in [0.1, 0.15) is 0 Å². The van der Waals surface area contributed by atoms with Crippen molar-refractivity contribution in [1.29, 1.82) is 0 Å². The number of ether oxygens (including phenoxy) is 2. The van der Waals surface area contributed by atoms with Crippen LogP contribution in [0.25, 0.3) is 10.6 Å². The van der Waals surface area contributed by atoms with Crippen LogP contribution in [-0.4, -0.2) is 24.4 Å². The van der Waals surface area contributed by atoms with Crippen molar-refractivity contribution in [2.75, 3.05) is 19.5 Å². The first-order valence-corrected chi connectivity index (χ1v) is 7.49. The fourth-order valence-corrected chi connectivity index (χ4v) is 2.69. The quantitative estimate of drug-likeness (QED) is 0.772. The van der Waals surface area contributed by atoms with Gasteiger partial charge in [-0.15, -0.1) is 10.2 Å². The van der Waals surface area contributed by atoms with Gasteiger partial charge in [-0.3, -0.25) is 0 Å². The van der Waals surface area contributed by atoms with E-state index in [1.807, 2.05) is 48.5 Å². The van der Waals surface area contributed by atoms with E-state index in [0.29, 0.717) is 0 Å². The van der Waals surface area contributed by atoms with E-state index in [-0.39, 0.29) is 0 Å². The first kappa shape index (κ1) is 14.3. The number of benzene rings is 2. The predicted molar refractivity (Wildman–Crippen MR) is 88.2 cm³/mol. The fourth-order valence-electron chi connectivity index (χ4n) is 1.92. The molecule has 0 atom stereocenters. The molecule has 0 spiro atoms. The summed E-state index contributed by atoms with van der Waals surface area (Å²) in [6.07, 6.45) is 0. The van der Waals surface area contributed by atoms with Crippen molar-refractivity contribution in [2.24, 2.45) is 0 Å². The van der Waals surface area contributed by atoms with Gasteiger partial charge < -0.3 is 14.8 Å². The molecular formula is C16H15N3O2S. The summed E-state index contributed by atoms with van der Waals surface area (Å²) < 4.78 is 10.3. The largest absolute Gasteiger partial charge is 0.497 e. The van der Waals surface area contributed by atoms with Crippen molar-refractivity contribution in [3.8, 4) is 22.1 Å². The molecule has 0 radical (unpaired) electrons. The van der Waals surface area contributed by atoms with Crippen LogP contribution < -0.4 is 14.8 Å². The number of nitrogens with zero attached hydrogens (tertiary/aromatic N) is 2. The van der Waals surface area contributed by atoms with Gasteiger partial charge >= 0.3 is 0 Å². The topological polar surface area (TPSA) is 56.3 Å². The third-order valence-corrected chi connectivity index (χ3v) is 3.99. The third-order valence-electron chi connectivity index (χ3n) is 3.10. The van der Waals surface area contributed by atoms with Gasteiger partial charge in [0.25, 0.3) is 0 Å². The molecule has 112 valence electrons. The maximum atomic E-state index is 5.15. The van der Waals surface area contributed by atoms with Gasteiger partial charge in [-0.2, -0.15) is 0 Å². The number of hydrogen-bond acceptors (Lipinski definition) is 6. The van der Waals surface area contributed by atoms with E-state index in [0.717, 1.165) is 32.9 Å². The first-order valence-electron chi connectivity index (χ1n) is 6.67. The Morgan fingerprint density at radius 1 is 0.818 bits per heavy atom. The smallest absolute Gasteiger partial charge is 0.210 e. The minimum atomic E-state index is 0.746. The average Bonchev–Trinajstić information content (AvgIpc) is 3.04. The average molecular weight is 313 g/mol. The molecule has 0 bridgehead atoms. The van der Waals surface area contributed by atoms with Crippen molar-refractivity contribution in [2.45, 2.75) is 0 Å². The standard InChI is InChI=1S/C16H15N3O2S/c1-20-13-7-3-11(4-8-13)15-18-19-16(22-15)17-12-5-9-14(21-2)10-6-12/h3-10H,1-2H3,(H,17,19). The Morgan fingerprint density at radius 2 is 1.41 bits per heavy atom. The maximum Gasteiger partial charge on any atom is 0.210 e. The van der Waals surface area contributed by atoms with E-state index in [9.17, 15) is 0 Å². The highest BCUT2D eigenvalue weighted by molar-refractivity contribution is 7.18. The molecule has 0 saturated heterocycles. The Hall–Kier alpha value is -2.60. The summed E-state index contributed by atoms with van der Waals surface area (Å²) in [5.41, 5.74) is 1.96. The summed E-state index contributed by atoms with van der Waals surface area (Å²) in [6, 6.07) is 15.4. The normalized spacial score (nSPS) is 10.3. The summed E-state index contributed by atoms with van der Waals surface area (Å²) in [5.74, 6) is 1.64. The molecule has 0 saturated carbocycles. The SMILES string of the molecule is COc1ccc(Nc2nnc(-c3ccc(OC)cc3)s2)cc1. The van der Waals surface area contributed by atoms with E-state index in [4.69, 9.17) is 9.47 Å². The van der Waals surface area contributed by atoms with Gasteiger partial charge in [0, 0.05) is 11.3 Å². The Morgan fingerprint density at radius 3 is 2.00 bits per heavy atom. The molecule has 0 unspecified atom stereocenters. The maximum absolute atomic E-state index is 5.15. The second kappa shape index (κ2) is 6.44. The van der Waals surface area contributed by atoms with Gasteiger partial charge in [0.1, 0.15) is 16.5 Å². The number of anilines is 2. The van der Waals surface area contributed by atoms with Gasteiger partial charge in [-0.25, -0.2) is 0 Å². The molecule has 0 aliphatic heterocycles. The molecule has 2 aromatic carbocycles. The Kier molecular flexibility index (Phi) is 4.20. The molecule has 22 heavy (non-hydrogen) atoms. The summed E-state index contributed by atoms with van der Waals surface area (Å²) >= 11 is 1.50. The Bertz CT molecular complexity index is 739. The second-order valence-corrected chi connectivity index (χ2v) is 5.47. The second-order valence-electron chi connectivity index (χ2n) is 4.49. The number of methoxy groups -OCH3 is 2. The minimum absolute atomic E-state index is 0.746. The lowest BCUT2D eigenvalue weighted by atomic mass is 10.2. The van der Waals surface area contributed by atoms with Crippen LogP contribution in [-0.2, 0) is 0 Å². The monoisotopic (exact) mass is 313 g/mol. The highest BCUT2D eigenvalue weighted by Gasteiger charge is 2.07. The van der Waals surface area contributed by atoms with Gasteiger partial charge in [-0.1, -0.05) is 11.3 Å². The summed E-state index contributed by atoms with van der Waals surface area (Å²) in [4.78, 5) is 0. The van der Waals surface area contributed by atoms with E-state index >= 15 is 0 Å². The molecule has 1 N–H and O–H groups in total. The minimum Gasteiger partial charge on any atom is -0.497 e. The van der Waals surface area contributed by atoms with Crippen LogP contribution in [0.2, 0.25) is 0 Å². The number of aromatic nitrogens is 2. The zero-order valence-electron chi connectivity index (χ0n) is 12.2. The van der Waals surface area contributed by atoms with Crippen LogP contribution in [0.4, 0.5) is 10.8 Å². The lowest BCUT2D eigenvalue weighted by Crippen LogP contribution is -1.89. The summed E-state index contributed by atoms with van der Waals surface area (Å²) in [5, 5.41) is 13.2. The fraction of sp³-hybridized carbons (Fsp3) is 0.125. The van der Waals surface area contributed by atoms with Crippen LogP contribution in [0.15, 0.2) is 48.5 Å². The lowest BCUT2D eigenvalue weighted by Gasteiger charge is -2.03. The van der Waals surface area contributed by atoms with E-state index in [1.54, 1.807) is 14.2 Å². The molecular weight excluding hydrogens is 298 g/mol. The highest BCUT2D eigenvalue weighted by Crippen LogP contribution is 2.29. The summed E-state index contributed by atoms with van der Waals surface area (Å²) in [6.45, 7) is 0. The van der Waals surface area contributed by atoms with E-state index in [2.05, 4.69) is 15.5 Å². The zero-order chi connectivity index (χ0) is 15.4. The molecule has 0 amide bonds. The van der Waals surface area contributed by atoms with Gasteiger partial charge in [0.15, 0.2) is 0 Å². The van der Waals surface area contributed by atoms with Gasteiger partial charge in [0.2, 0.25) is 5.13 Å². The molecule has 0 fully saturated rings. The van der Waals surface area contributed by atoms with Crippen molar-refractivity contribution >= 4 is 22.2 Å². The molecule has 3 rings (SSSR count). The van der Waals surface area contributed by atoms with Crippen LogP contribution in [0, 0.1) is 0 Å². The van der Waals surface area contributed by atoms with Crippen molar-refractivity contribution < 1.29 is 9.47 Å². The van der Waals surface area contributed by atoms with Crippen molar-refractivity contribution in [1.82, 2.24) is 10.2 Å². The Balaban J connectivity index is 1.74. The predicted octanol–water partition coefficient (Wildman–Crippen LogP) is 3.97. The summed E-state index contributed by atoms with van der Waals surface area (Å²) in [7, 11) is 3.30. The van der Waals surface area contributed by atoms with Crippen LogP contribution >= 0.6 is 11.3 Å². The van der Waals surface area contributed by atoms with Gasteiger partial charge in [0.05, 0.1) is 14.2 Å². The molecule has 3 aromatic rings. The Labute approximate surface area is 132 Å². The van der Waals surface area contributed by atoms with Crippen molar-refractivity contribution in [3.05, 3.63) is 48.5 Å². The number of rotatable bonds is 5. The number of nitrogens with one attached hydrogen (secondary N) is 1. The lowest BCUT2D eigenvalue weighted by molar-refractivity contribution is 0.415. The number of hydrogen-bond donors (Lipinski definition) is 1. The van der Waals surface area contributed by atoms with E-state index < -0.39 is 0 Å². The molecule has 1 heterocycles.